The molecule has 17 heavy (non-hydrogen) atoms. The molecule has 0 aromatic rings. The van der Waals surface area contributed by atoms with Crippen molar-refractivity contribution >= 4 is 7.25 Å². The molecule has 1 saturated heterocycles. The van der Waals surface area contributed by atoms with Crippen molar-refractivity contribution in [3.05, 3.63) is 24.1 Å². The lowest BCUT2D eigenvalue weighted by Gasteiger charge is -2.32. The zero-order valence-electron chi connectivity index (χ0n) is 11.2. The van der Waals surface area contributed by atoms with Gasteiger partial charge >= 0.3 is 7.25 Å². The van der Waals surface area contributed by atoms with Gasteiger partial charge in [0, 0.05) is 0 Å². The van der Waals surface area contributed by atoms with Gasteiger partial charge in [-0.1, -0.05) is 0 Å². The first kappa shape index (κ1) is 12.5. The molecular formula is C12H20BNO3. The third-order valence-electron chi connectivity index (χ3n) is 3.67. The first-order valence-corrected chi connectivity index (χ1v) is 5.88. The van der Waals surface area contributed by atoms with Gasteiger partial charge in [0.25, 0.3) is 0 Å². The van der Waals surface area contributed by atoms with Crippen LogP contribution in [0.25, 0.3) is 0 Å². The minimum absolute atomic E-state index is 0.306. The minimum atomic E-state index is -0.352. The van der Waals surface area contributed by atoms with Crippen LogP contribution in [-0.2, 0) is 14.0 Å². The quantitative estimate of drug-likeness (QED) is 0.686. The van der Waals surface area contributed by atoms with E-state index in [-0.39, 0.29) is 18.5 Å². The van der Waals surface area contributed by atoms with Crippen molar-refractivity contribution in [2.24, 2.45) is 0 Å². The Morgan fingerprint density at radius 2 is 1.82 bits per heavy atom. The molecule has 4 nitrogen and oxygen atoms in total. The van der Waals surface area contributed by atoms with Crippen LogP contribution >= 0.6 is 0 Å². The van der Waals surface area contributed by atoms with E-state index in [0.29, 0.717) is 6.54 Å². The van der Waals surface area contributed by atoms with E-state index in [2.05, 4.69) is 0 Å². The summed E-state index contributed by atoms with van der Waals surface area (Å²) in [7, 11) is 1.32. The lowest BCUT2D eigenvalue weighted by atomic mass is 9.90. The molecule has 0 saturated carbocycles. The molecule has 0 aromatic heterocycles. The van der Waals surface area contributed by atoms with Crippen molar-refractivity contribution in [1.82, 2.24) is 4.81 Å². The predicted molar refractivity (Wildman–Crippen MR) is 67.0 cm³/mol. The third-order valence-corrected chi connectivity index (χ3v) is 3.67. The van der Waals surface area contributed by atoms with Crippen LogP contribution in [0.15, 0.2) is 24.1 Å². The zero-order valence-corrected chi connectivity index (χ0v) is 11.2. The monoisotopic (exact) mass is 237 g/mol. The van der Waals surface area contributed by atoms with Crippen LogP contribution in [0.4, 0.5) is 0 Å². The molecule has 2 rings (SSSR count). The lowest BCUT2D eigenvalue weighted by molar-refractivity contribution is 0.00578. The summed E-state index contributed by atoms with van der Waals surface area (Å²) >= 11 is 0. The molecule has 0 bridgehead atoms. The van der Waals surface area contributed by atoms with Crippen molar-refractivity contribution in [2.75, 3.05) is 13.7 Å². The highest BCUT2D eigenvalue weighted by Crippen LogP contribution is 2.37. The van der Waals surface area contributed by atoms with Gasteiger partial charge in [-0.25, -0.2) is 0 Å². The fraction of sp³-hybridized carbons (Fsp3) is 0.667. The second-order valence-corrected chi connectivity index (χ2v) is 5.41. The molecule has 0 aromatic carbocycles. The van der Waals surface area contributed by atoms with Crippen molar-refractivity contribution in [3.8, 4) is 0 Å². The predicted octanol–water partition coefficient (Wildman–Crippen LogP) is 1.93. The van der Waals surface area contributed by atoms with E-state index >= 15 is 0 Å². The molecule has 0 unspecified atom stereocenters. The van der Waals surface area contributed by atoms with Crippen molar-refractivity contribution in [3.63, 3.8) is 0 Å². The van der Waals surface area contributed by atoms with E-state index in [1.54, 1.807) is 7.11 Å². The Morgan fingerprint density at radius 1 is 1.24 bits per heavy atom. The van der Waals surface area contributed by atoms with E-state index in [1.807, 2.05) is 50.9 Å². The molecule has 0 amide bonds. The summed E-state index contributed by atoms with van der Waals surface area (Å²) in [5, 5.41) is 0. The van der Waals surface area contributed by atoms with E-state index in [1.165, 1.54) is 0 Å². The fourth-order valence-electron chi connectivity index (χ4n) is 1.77. The van der Waals surface area contributed by atoms with Crippen LogP contribution in [0.1, 0.15) is 27.7 Å². The van der Waals surface area contributed by atoms with Crippen LogP contribution in [0.3, 0.4) is 0 Å². The van der Waals surface area contributed by atoms with E-state index in [0.717, 1.165) is 5.76 Å². The molecule has 0 spiro atoms. The van der Waals surface area contributed by atoms with Crippen LogP contribution in [0.2, 0.25) is 0 Å². The van der Waals surface area contributed by atoms with E-state index in [9.17, 15) is 0 Å². The number of ether oxygens (including phenoxy) is 1. The lowest BCUT2D eigenvalue weighted by Crippen LogP contribution is -2.41. The van der Waals surface area contributed by atoms with Gasteiger partial charge in [-0.3, -0.25) is 0 Å². The first-order chi connectivity index (χ1) is 7.86. The van der Waals surface area contributed by atoms with Gasteiger partial charge in [0.15, 0.2) is 0 Å². The Balaban J connectivity index is 2.08. The smallest absolute Gasteiger partial charge is 0.499 e. The Morgan fingerprint density at radius 3 is 2.35 bits per heavy atom. The zero-order chi connectivity index (χ0) is 12.7. The van der Waals surface area contributed by atoms with Crippen LogP contribution in [0.5, 0.6) is 0 Å². The number of nitrogens with zero attached hydrogens (tertiary/aromatic N) is 1. The second kappa shape index (κ2) is 4.07. The number of hydrogen-bond acceptors (Lipinski definition) is 4. The Hall–Kier alpha value is -0.935. The molecule has 2 heterocycles. The van der Waals surface area contributed by atoms with E-state index in [4.69, 9.17) is 14.0 Å². The largest absolute Gasteiger partial charge is 0.594 e. The molecule has 0 aliphatic carbocycles. The van der Waals surface area contributed by atoms with Crippen molar-refractivity contribution in [1.29, 1.82) is 0 Å². The summed E-state index contributed by atoms with van der Waals surface area (Å²) in [6.07, 6.45) is 5.85. The molecule has 2 aliphatic heterocycles. The van der Waals surface area contributed by atoms with Gasteiger partial charge in [0.05, 0.1) is 24.9 Å². The summed E-state index contributed by atoms with van der Waals surface area (Å²) in [5.74, 6) is 0.905. The Kier molecular flexibility index (Phi) is 3.00. The van der Waals surface area contributed by atoms with Gasteiger partial charge in [0.1, 0.15) is 5.76 Å². The molecule has 0 radical (unpaired) electrons. The summed E-state index contributed by atoms with van der Waals surface area (Å²) < 4.78 is 17.2. The van der Waals surface area contributed by atoms with Crippen molar-refractivity contribution in [2.45, 2.75) is 38.9 Å². The highest BCUT2D eigenvalue weighted by molar-refractivity contribution is 6.42. The molecule has 0 N–H and O–H groups in total. The minimum Gasteiger partial charge on any atom is -0.499 e. The molecule has 2 aliphatic rings. The van der Waals surface area contributed by atoms with Crippen molar-refractivity contribution < 1.29 is 14.0 Å². The van der Waals surface area contributed by atoms with Gasteiger partial charge in [-0.15, -0.1) is 0 Å². The molecule has 1 fully saturated rings. The number of hydrogen-bond donors (Lipinski definition) is 0. The van der Waals surface area contributed by atoms with E-state index < -0.39 is 0 Å². The van der Waals surface area contributed by atoms with Crippen LogP contribution in [-0.4, -0.2) is 36.9 Å². The standard InChI is InChI=1S/C12H20BNO3/c1-11(2)12(3,4)17-13(16-11)14-8-6-7-10(9-14)15-5/h6-8H,9H2,1-5H3. The summed E-state index contributed by atoms with van der Waals surface area (Å²) in [6, 6.07) is 0. The maximum Gasteiger partial charge on any atom is 0.594 e. The average molecular weight is 237 g/mol. The van der Waals surface area contributed by atoms with Crippen LogP contribution < -0.4 is 0 Å². The third kappa shape index (κ3) is 2.22. The van der Waals surface area contributed by atoms with Gasteiger partial charge < -0.3 is 18.9 Å². The molecule has 0 atom stereocenters. The highest BCUT2D eigenvalue weighted by Gasteiger charge is 2.54. The number of rotatable bonds is 2. The topological polar surface area (TPSA) is 30.9 Å². The number of allylic oxidation sites excluding steroid dienone is 2. The fourth-order valence-corrected chi connectivity index (χ4v) is 1.77. The van der Waals surface area contributed by atoms with Crippen LogP contribution in [0, 0.1) is 0 Å². The Bertz CT molecular complexity index is 347. The molecule has 5 heteroatoms. The SMILES string of the molecule is COC1=CC=CN(B2OC(C)(C)C(C)(C)O2)C1. The van der Waals surface area contributed by atoms with Gasteiger partial charge in [0.2, 0.25) is 0 Å². The average Bonchev–Trinajstić information content (AvgIpc) is 2.48. The summed E-state index contributed by atoms with van der Waals surface area (Å²) in [6.45, 7) is 8.87. The molecular weight excluding hydrogens is 217 g/mol. The molecule has 94 valence electrons. The number of methoxy groups -OCH3 is 1. The summed E-state index contributed by atoms with van der Waals surface area (Å²) in [5.41, 5.74) is -0.611. The maximum absolute atomic E-state index is 5.97. The normalized spacial score (nSPS) is 26.1. The summed E-state index contributed by atoms with van der Waals surface area (Å²) in [4.78, 5) is 2.00. The van der Waals surface area contributed by atoms with Gasteiger partial charge in [-0.05, 0) is 46.0 Å². The maximum atomic E-state index is 5.97. The first-order valence-electron chi connectivity index (χ1n) is 5.88. The van der Waals surface area contributed by atoms with Gasteiger partial charge in [-0.2, -0.15) is 0 Å². The highest BCUT2D eigenvalue weighted by atomic mass is 16.7. The second-order valence-electron chi connectivity index (χ2n) is 5.41. The Labute approximate surface area is 103 Å².